The fourth-order valence-corrected chi connectivity index (χ4v) is 3.78. The molecule has 0 N–H and O–H groups in total. The molecule has 0 saturated heterocycles. The molecule has 4 aromatic rings. The monoisotopic (exact) mass is 392 g/mol. The normalized spacial score (nSPS) is 14.7. The van der Waals surface area contributed by atoms with E-state index in [2.05, 4.69) is 9.97 Å². The topological polar surface area (TPSA) is 52.1 Å². The first kappa shape index (κ1) is 18.3. The minimum Gasteiger partial charge on any atom is -0.487 e. The second kappa shape index (κ2) is 7.91. The van der Waals surface area contributed by atoms with E-state index >= 15 is 0 Å². The van der Waals surface area contributed by atoms with Crippen LogP contribution < -0.4 is 4.74 Å². The van der Waals surface area contributed by atoms with Gasteiger partial charge in [-0.1, -0.05) is 36.4 Å². The second-order valence-corrected chi connectivity index (χ2v) is 7.39. The van der Waals surface area contributed by atoms with Crippen LogP contribution in [0.4, 0.5) is 0 Å². The van der Waals surface area contributed by atoms with E-state index in [1.807, 2.05) is 72.8 Å². The van der Waals surface area contributed by atoms with Gasteiger partial charge in [-0.05, 0) is 60.4 Å². The van der Waals surface area contributed by atoms with Gasteiger partial charge in [-0.3, -0.25) is 9.78 Å². The number of aromatic nitrogens is 2. The smallest absolute Gasteiger partial charge is 0.189 e. The molecular weight excluding hydrogens is 372 g/mol. The zero-order valence-electron chi connectivity index (χ0n) is 16.4. The quantitative estimate of drug-likeness (QED) is 0.435. The number of carbonyl (C=O) groups excluding carboxylic acids is 1. The molecule has 5 rings (SSSR count). The van der Waals surface area contributed by atoms with Gasteiger partial charge in [0.2, 0.25) is 0 Å². The van der Waals surface area contributed by atoms with Gasteiger partial charge in [0, 0.05) is 28.9 Å². The van der Waals surface area contributed by atoms with Crippen molar-refractivity contribution in [1.29, 1.82) is 0 Å². The number of carbonyl (C=O) groups is 1. The lowest BCUT2D eigenvalue weighted by molar-refractivity contribution is 0.102. The van der Waals surface area contributed by atoms with E-state index in [9.17, 15) is 4.79 Å². The van der Waals surface area contributed by atoms with Crippen molar-refractivity contribution in [2.75, 3.05) is 0 Å². The maximum Gasteiger partial charge on any atom is 0.189 e. The Morgan fingerprint density at radius 3 is 2.80 bits per heavy atom. The van der Waals surface area contributed by atoms with Crippen LogP contribution in [0.3, 0.4) is 0 Å². The van der Waals surface area contributed by atoms with Crippen LogP contribution in [-0.2, 0) is 13.0 Å². The van der Waals surface area contributed by atoms with Crippen molar-refractivity contribution in [3.05, 3.63) is 107 Å². The average molecular weight is 392 g/mol. The van der Waals surface area contributed by atoms with Crippen molar-refractivity contribution in [3.8, 4) is 5.75 Å². The van der Waals surface area contributed by atoms with Crippen LogP contribution in [-0.4, -0.2) is 15.8 Å². The number of benzene rings is 2. The molecular formula is C26H20N2O2. The molecule has 0 radical (unpaired) electrons. The van der Waals surface area contributed by atoms with Crippen LogP contribution in [0.1, 0.15) is 33.6 Å². The summed E-state index contributed by atoms with van der Waals surface area (Å²) in [7, 11) is 0. The molecule has 4 nitrogen and oxygen atoms in total. The van der Waals surface area contributed by atoms with Crippen molar-refractivity contribution in [2.45, 2.75) is 19.4 Å². The fraction of sp³-hybridized carbons (Fsp3) is 0.115. The molecule has 2 aromatic heterocycles. The number of ketones is 1. The van der Waals surface area contributed by atoms with Crippen LogP contribution in [0.2, 0.25) is 0 Å². The summed E-state index contributed by atoms with van der Waals surface area (Å²) in [5, 5.41) is 1.11. The number of hydrogen-bond acceptors (Lipinski definition) is 4. The standard InChI is InChI=1S/C26H20N2O2/c29-26-21(14-18-4-3-13-27-16-18)8-7-19-10-12-23(15-24(19)26)30-17-22-11-9-20-5-1-2-6-25(20)28-22/h1-6,9-16H,7-8,17H2/b21-14-. The first-order valence-electron chi connectivity index (χ1n) is 10.0. The number of aryl methyl sites for hydroxylation is 1. The van der Waals surface area contributed by atoms with Gasteiger partial charge in [0.15, 0.2) is 5.78 Å². The molecule has 2 aromatic carbocycles. The van der Waals surface area contributed by atoms with Gasteiger partial charge in [0.25, 0.3) is 0 Å². The van der Waals surface area contributed by atoms with E-state index in [0.29, 0.717) is 12.4 Å². The summed E-state index contributed by atoms with van der Waals surface area (Å²) in [6, 6.07) is 21.7. The Hall–Kier alpha value is -3.79. The molecule has 1 aliphatic carbocycles. The Labute approximate surface area is 174 Å². The summed E-state index contributed by atoms with van der Waals surface area (Å²) >= 11 is 0. The SMILES string of the molecule is O=C1/C(=C\c2cccnc2)CCc2ccc(OCc3ccc4ccccc4n3)cc21. The van der Waals surface area contributed by atoms with Crippen molar-refractivity contribution in [1.82, 2.24) is 9.97 Å². The maximum absolute atomic E-state index is 13.0. The summed E-state index contributed by atoms with van der Waals surface area (Å²) in [6.07, 6.45) is 7.02. The van der Waals surface area contributed by atoms with E-state index in [4.69, 9.17) is 4.74 Å². The molecule has 0 unspecified atom stereocenters. The molecule has 1 aliphatic rings. The Balaban J connectivity index is 1.36. The van der Waals surface area contributed by atoms with E-state index in [0.717, 1.165) is 51.7 Å². The van der Waals surface area contributed by atoms with Crippen molar-refractivity contribution in [3.63, 3.8) is 0 Å². The molecule has 0 fully saturated rings. The third-order valence-electron chi connectivity index (χ3n) is 5.35. The highest BCUT2D eigenvalue weighted by Gasteiger charge is 2.22. The highest BCUT2D eigenvalue weighted by molar-refractivity contribution is 6.13. The van der Waals surface area contributed by atoms with Crippen LogP contribution in [0.15, 0.2) is 84.7 Å². The predicted molar refractivity (Wildman–Crippen MR) is 117 cm³/mol. The van der Waals surface area contributed by atoms with Gasteiger partial charge in [-0.2, -0.15) is 0 Å². The van der Waals surface area contributed by atoms with Crippen molar-refractivity contribution < 1.29 is 9.53 Å². The number of Topliss-reactive ketones (excluding diaryl/α,β-unsaturated/α-hetero) is 1. The largest absolute Gasteiger partial charge is 0.487 e. The molecule has 0 aliphatic heterocycles. The van der Waals surface area contributed by atoms with Crippen molar-refractivity contribution in [2.24, 2.45) is 0 Å². The average Bonchev–Trinajstić information content (AvgIpc) is 2.80. The molecule has 0 amide bonds. The molecule has 4 heteroatoms. The number of allylic oxidation sites excluding steroid dienone is 1. The number of rotatable bonds is 4. The summed E-state index contributed by atoms with van der Waals surface area (Å²) < 4.78 is 5.96. The van der Waals surface area contributed by atoms with E-state index in [-0.39, 0.29) is 5.78 Å². The molecule has 0 atom stereocenters. The Morgan fingerprint density at radius 1 is 0.967 bits per heavy atom. The lowest BCUT2D eigenvalue weighted by atomic mass is 9.86. The minimum atomic E-state index is 0.0642. The van der Waals surface area contributed by atoms with E-state index < -0.39 is 0 Å². The number of para-hydroxylation sites is 1. The van der Waals surface area contributed by atoms with Gasteiger partial charge in [0.1, 0.15) is 12.4 Å². The Bertz CT molecular complexity index is 1260. The number of fused-ring (bicyclic) bond motifs is 2. The second-order valence-electron chi connectivity index (χ2n) is 7.39. The zero-order chi connectivity index (χ0) is 20.3. The zero-order valence-corrected chi connectivity index (χ0v) is 16.4. The summed E-state index contributed by atoms with van der Waals surface area (Å²) in [6.45, 7) is 0.357. The van der Waals surface area contributed by atoms with Crippen LogP contribution in [0.25, 0.3) is 17.0 Å². The Kier molecular flexibility index (Phi) is 4.81. The highest BCUT2D eigenvalue weighted by Crippen LogP contribution is 2.29. The molecule has 146 valence electrons. The lowest BCUT2D eigenvalue weighted by Crippen LogP contribution is -2.14. The summed E-state index contributed by atoms with van der Waals surface area (Å²) in [4.78, 5) is 21.8. The fourth-order valence-electron chi connectivity index (χ4n) is 3.78. The molecule has 30 heavy (non-hydrogen) atoms. The van der Waals surface area contributed by atoms with Gasteiger partial charge in [0.05, 0.1) is 11.2 Å². The summed E-state index contributed by atoms with van der Waals surface area (Å²) in [5.41, 5.74) is 5.35. The first-order chi connectivity index (χ1) is 14.8. The number of nitrogens with zero attached hydrogens (tertiary/aromatic N) is 2. The number of ether oxygens (including phenoxy) is 1. The van der Waals surface area contributed by atoms with E-state index in [1.165, 1.54) is 0 Å². The molecule has 2 heterocycles. The molecule has 0 saturated carbocycles. The van der Waals surface area contributed by atoms with Gasteiger partial charge >= 0.3 is 0 Å². The van der Waals surface area contributed by atoms with Gasteiger partial charge in [-0.15, -0.1) is 0 Å². The minimum absolute atomic E-state index is 0.0642. The maximum atomic E-state index is 13.0. The third kappa shape index (κ3) is 3.72. The third-order valence-corrected chi connectivity index (χ3v) is 5.35. The van der Waals surface area contributed by atoms with Gasteiger partial charge < -0.3 is 4.74 Å². The molecule has 0 bridgehead atoms. The lowest BCUT2D eigenvalue weighted by Gasteiger charge is -2.18. The summed E-state index contributed by atoms with van der Waals surface area (Å²) in [5.74, 6) is 0.745. The number of pyridine rings is 2. The molecule has 0 spiro atoms. The van der Waals surface area contributed by atoms with Crippen LogP contribution in [0.5, 0.6) is 5.75 Å². The van der Waals surface area contributed by atoms with E-state index in [1.54, 1.807) is 12.4 Å². The van der Waals surface area contributed by atoms with Gasteiger partial charge in [-0.25, -0.2) is 4.98 Å². The highest BCUT2D eigenvalue weighted by atomic mass is 16.5. The van der Waals surface area contributed by atoms with Crippen molar-refractivity contribution >= 4 is 22.8 Å². The first-order valence-corrected chi connectivity index (χ1v) is 10.0. The number of hydrogen-bond donors (Lipinski definition) is 0. The predicted octanol–water partition coefficient (Wildman–Crippen LogP) is 5.42. The Morgan fingerprint density at radius 2 is 1.90 bits per heavy atom. The van der Waals surface area contributed by atoms with Crippen LogP contribution in [0, 0.1) is 0 Å². The van der Waals surface area contributed by atoms with Crippen LogP contribution >= 0.6 is 0 Å².